The van der Waals surface area contributed by atoms with Crippen LogP contribution in [0.2, 0.25) is 0 Å². The molecular formula is C26H33F3N6O5. The molecular weight excluding hydrogens is 533 g/mol. The van der Waals surface area contributed by atoms with Crippen molar-refractivity contribution in [2.75, 3.05) is 23.8 Å². The molecule has 5 fully saturated rings. The first-order valence-corrected chi connectivity index (χ1v) is 13.7. The van der Waals surface area contributed by atoms with Gasteiger partial charge in [0.25, 0.3) is 0 Å². The molecule has 40 heavy (non-hydrogen) atoms. The van der Waals surface area contributed by atoms with Crippen molar-refractivity contribution in [3.8, 4) is 5.88 Å². The number of hydrogen-bond acceptors (Lipinski definition) is 10. The highest BCUT2D eigenvalue weighted by molar-refractivity contribution is 5.76. The first-order chi connectivity index (χ1) is 19.1. The summed E-state index contributed by atoms with van der Waals surface area (Å²) in [5.41, 5.74) is -0.626. The third-order valence-electron chi connectivity index (χ3n) is 8.47. The van der Waals surface area contributed by atoms with Gasteiger partial charge in [-0.2, -0.15) is 28.2 Å². The van der Waals surface area contributed by atoms with Gasteiger partial charge in [-0.1, -0.05) is 0 Å². The van der Waals surface area contributed by atoms with Crippen LogP contribution in [0.3, 0.4) is 0 Å². The van der Waals surface area contributed by atoms with E-state index in [1.165, 1.54) is 0 Å². The zero-order chi connectivity index (χ0) is 28.1. The van der Waals surface area contributed by atoms with Gasteiger partial charge < -0.3 is 30.0 Å². The predicted octanol–water partition coefficient (Wildman–Crippen LogP) is 3.64. The fourth-order valence-electron chi connectivity index (χ4n) is 7.03. The SMILES string of the molecule is Cc1cc(Nc2cc(OC3CCCCOC3)nc(NC3C4CC5CC3C(OC(=O)C(F)(F)F)C(O)(C5)C4)n2)n[nH]1. The summed E-state index contributed by atoms with van der Waals surface area (Å²) in [6.07, 6.45) is -1.99. The van der Waals surface area contributed by atoms with Gasteiger partial charge >= 0.3 is 12.1 Å². The van der Waals surface area contributed by atoms with Gasteiger partial charge in [0.1, 0.15) is 23.6 Å². The van der Waals surface area contributed by atoms with Crippen molar-refractivity contribution in [2.45, 2.75) is 81.9 Å². The van der Waals surface area contributed by atoms with Crippen molar-refractivity contribution < 1.29 is 37.3 Å². The molecule has 1 aliphatic heterocycles. The smallest absolute Gasteiger partial charge is 0.472 e. The maximum absolute atomic E-state index is 13.1. The van der Waals surface area contributed by atoms with E-state index in [0.29, 0.717) is 43.6 Å². The van der Waals surface area contributed by atoms with Crippen LogP contribution in [0.5, 0.6) is 5.88 Å². The maximum Gasteiger partial charge on any atom is 0.490 e. The third kappa shape index (κ3) is 5.55. The van der Waals surface area contributed by atoms with E-state index in [9.17, 15) is 23.1 Å². The molecule has 7 atom stereocenters. The Bertz CT molecular complexity index is 1240. The normalized spacial score (nSPS) is 33.3. The van der Waals surface area contributed by atoms with Crippen molar-refractivity contribution in [3.63, 3.8) is 0 Å². The number of carbonyl (C=O) groups is 1. The number of alkyl halides is 3. The average molecular weight is 567 g/mol. The number of rotatable bonds is 7. The standard InChI is InChI=1S/C26H33F3N6O5/c1-13-6-19(35-34-13)30-18-9-20(39-16-4-2-3-5-38-12-16)32-24(31-18)33-21-15-7-14-8-17(21)22(25(37,10-14)11-15)40-23(36)26(27,28)29/h6,9,14-17,21-22,37H,2-5,7-8,10-12H2,1H3,(H3,30,31,32,33,34,35). The molecule has 5 aliphatic rings. The largest absolute Gasteiger partial charge is 0.490 e. The van der Waals surface area contributed by atoms with E-state index >= 15 is 0 Å². The topological polar surface area (TPSA) is 144 Å². The van der Waals surface area contributed by atoms with Gasteiger partial charge in [-0.25, -0.2) is 4.79 Å². The first-order valence-electron chi connectivity index (χ1n) is 13.7. The van der Waals surface area contributed by atoms with Crippen LogP contribution in [-0.2, 0) is 14.3 Å². The van der Waals surface area contributed by atoms with E-state index in [1.54, 1.807) is 6.07 Å². The van der Waals surface area contributed by atoms with Gasteiger partial charge in [-0.05, 0) is 63.7 Å². The van der Waals surface area contributed by atoms with E-state index < -0.39 is 35.8 Å². The minimum absolute atomic E-state index is 0.0443. The Labute approximate surface area is 228 Å². The monoisotopic (exact) mass is 566 g/mol. The zero-order valence-electron chi connectivity index (χ0n) is 22.0. The Kier molecular flexibility index (Phi) is 7.01. The number of aryl methyl sites for hydroxylation is 1. The van der Waals surface area contributed by atoms with Gasteiger partial charge in [-0.3, -0.25) is 5.10 Å². The minimum atomic E-state index is -5.14. The molecule has 0 amide bonds. The van der Waals surface area contributed by atoms with Crippen molar-refractivity contribution in [3.05, 3.63) is 17.8 Å². The first kappa shape index (κ1) is 27.1. The molecule has 3 heterocycles. The molecule has 0 aromatic carbocycles. The number of H-pyrrole nitrogens is 1. The molecule has 1 saturated heterocycles. The molecule has 218 valence electrons. The zero-order valence-corrected chi connectivity index (χ0v) is 22.0. The fourth-order valence-corrected chi connectivity index (χ4v) is 7.03. The third-order valence-corrected chi connectivity index (χ3v) is 8.47. The quantitative estimate of drug-likeness (QED) is 0.367. The highest BCUT2D eigenvalue weighted by Crippen LogP contribution is 2.57. The highest BCUT2D eigenvalue weighted by Gasteiger charge is 2.63. The maximum atomic E-state index is 13.1. The van der Waals surface area contributed by atoms with Crippen molar-refractivity contribution in [1.29, 1.82) is 0 Å². The molecule has 0 radical (unpaired) electrons. The van der Waals surface area contributed by atoms with Crippen molar-refractivity contribution in [2.24, 2.45) is 17.8 Å². The van der Waals surface area contributed by atoms with Crippen molar-refractivity contribution >= 4 is 23.6 Å². The Morgan fingerprint density at radius 2 is 2.05 bits per heavy atom. The lowest BCUT2D eigenvalue weighted by Gasteiger charge is -2.61. The average Bonchev–Trinajstić information content (AvgIpc) is 3.11. The lowest BCUT2D eigenvalue weighted by atomic mass is 9.51. The number of hydrogen-bond donors (Lipinski definition) is 4. The Morgan fingerprint density at radius 1 is 1.20 bits per heavy atom. The molecule has 4 saturated carbocycles. The Balaban J connectivity index is 1.27. The number of aromatic amines is 1. The van der Waals surface area contributed by atoms with Crippen LogP contribution in [0.1, 0.15) is 50.6 Å². The van der Waals surface area contributed by atoms with Gasteiger partial charge in [0.2, 0.25) is 11.8 Å². The summed E-state index contributed by atoms with van der Waals surface area (Å²) in [5.74, 6) is -1.22. The van der Waals surface area contributed by atoms with Crippen LogP contribution < -0.4 is 15.4 Å². The molecule has 4 aliphatic carbocycles. The number of halogens is 3. The van der Waals surface area contributed by atoms with Crippen molar-refractivity contribution in [1.82, 2.24) is 20.2 Å². The molecule has 11 nitrogen and oxygen atoms in total. The number of carbonyl (C=O) groups excluding carboxylic acids is 1. The Hall–Kier alpha value is -3.13. The molecule has 0 spiro atoms. The van der Waals surface area contributed by atoms with Crippen LogP contribution in [-0.4, -0.2) is 74.5 Å². The molecule has 2 aromatic rings. The molecule has 2 aromatic heterocycles. The summed E-state index contributed by atoms with van der Waals surface area (Å²) in [5, 5.41) is 24.8. The predicted molar refractivity (Wildman–Crippen MR) is 135 cm³/mol. The van der Waals surface area contributed by atoms with Crippen LogP contribution >= 0.6 is 0 Å². The summed E-state index contributed by atoms with van der Waals surface area (Å²) in [7, 11) is 0. The lowest BCUT2D eigenvalue weighted by molar-refractivity contribution is -0.249. The second-order valence-corrected chi connectivity index (χ2v) is 11.6. The second kappa shape index (κ2) is 10.4. The van der Waals surface area contributed by atoms with Crippen LogP contribution in [0.25, 0.3) is 0 Å². The Morgan fingerprint density at radius 3 is 2.83 bits per heavy atom. The number of esters is 1. The van der Waals surface area contributed by atoms with E-state index in [1.807, 2.05) is 13.0 Å². The van der Waals surface area contributed by atoms with Crippen LogP contribution in [0, 0.1) is 24.7 Å². The lowest BCUT2D eigenvalue weighted by Crippen LogP contribution is -2.68. The van der Waals surface area contributed by atoms with E-state index in [4.69, 9.17) is 14.2 Å². The number of anilines is 3. The summed E-state index contributed by atoms with van der Waals surface area (Å²) < 4.78 is 56.0. The summed E-state index contributed by atoms with van der Waals surface area (Å²) in [6.45, 7) is 2.99. The van der Waals surface area contributed by atoms with Crippen LogP contribution in [0.4, 0.5) is 30.8 Å². The highest BCUT2D eigenvalue weighted by atomic mass is 19.4. The van der Waals surface area contributed by atoms with Gasteiger partial charge in [0.15, 0.2) is 5.82 Å². The number of nitrogens with zero attached hydrogens (tertiary/aromatic N) is 3. The molecule has 7 rings (SSSR count). The minimum Gasteiger partial charge on any atom is -0.472 e. The molecule has 14 heteroatoms. The summed E-state index contributed by atoms with van der Waals surface area (Å²) >= 11 is 0. The van der Waals surface area contributed by atoms with E-state index in [-0.39, 0.29) is 30.3 Å². The van der Waals surface area contributed by atoms with Gasteiger partial charge in [0, 0.05) is 36.4 Å². The number of aliphatic hydroxyl groups is 1. The number of ether oxygens (including phenoxy) is 3. The number of nitrogens with one attached hydrogen (secondary N) is 3. The summed E-state index contributed by atoms with van der Waals surface area (Å²) in [6, 6.07) is 3.07. The summed E-state index contributed by atoms with van der Waals surface area (Å²) in [4.78, 5) is 21.0. The molecule has 4 bridgehead atoms. The molecule has 4 N–H and O–H groups in total. The molecule has 7 unspecified atom stereocenters. The van der Waals surface area contributed by atoms with Gasteiger partial charge in [-0.15, -0.1) is 0 Å². The van der Waals surface area contributed by atoms with Gasteiger partial charge in [0.05, 0.1) is 6.61 Å². The number of aromatic nitrogens is 4. The van der Waals surface area contributed by atoms with Crippen LogP contribution in [0.15, 0.2) is 12.1 Å². The second-order valence-electron chi connectivity index (χ2n) is 11.6. The fraction of sp³-hybridized carbons (Fsp3) is 0.692. The van der Waals surface area contributed by atoms with E-state index in [2.05, 4.69) is 30.8 Å². The van der Waals surface area contributed by atoms with E-state index in [0.717, 1.165) is 31.4 Å².